The lowest BCUT2D eigenvalue weighted by molar-refractivity contribution is -0.117. The van der Waals surface area contributed by atoms with Gasteiger partial charge in [-0.05, 0) is 63.5 Å². The highest BCUT2D eigenvalue weighted by molar-refractivity contribution is 9.10. The van der Waals surface area contributed by atoms with Crippen molar-refractivity contribution in [3.63, 3.8) is 0 Å². The van der Waals surface area contributed by atoms with Crippen molar-refractivity contribution in [3.05, 3.63) is 96.4 Å². The number of carbonyl (C=O) groups is 2. The summed E-state index contributed by atoms with van der Waals surface area (Å²) in [5.74, 6) is -3.97. The second-order valence-electron chi connectivity index (χ2n) is 7.95. The molecule has 3 nitrogen and oxygen atoms in total. The Bertz CT molecular complexity index is 1340. The van der Waals surface area contributed by atoms with Crippen molar-refractivity contribution in [3.8, 4) is 0 Å². The van der Waals surface area contributed by atoms with E-state index >= 15 is 0 Å². The Morgan fingerprint density at radius 1 is 0.943 bits per heavy atom. The van der Waals surface area contributed by atoms with Crippen LogP contribution >= 0.6 is 73.9 Å². The van der Waals surface area contributed by atoms with Gasteiger partial charge in [0.05, 0.1) is 25.5 Å². The van der Waals surface area contributed by atoms with E-state index in [0.29, 0.717) is 26.1 Å². The van der Waals surface area contributed by atoms with Gasteiger partial charge in [0, 0.05) is 29.7 Å². The van der Waals surface area contributed by atoms with Crippen LogP contribution < -0.4 is 5.32 Å². The molecule has 3 aromatic rings. The molecular formula is C24H13BrCl5F2NO2. The van der Waals surface area contributed by atoms with E-state index in [1.807, 2.05) is 0 Å². The highest BCUT2D eigenvalue weighted by Crippen LogP contribution is 2.65. The minimum Gasteiger partial charge on any atom is -0.326 e. The molecule has 1 amide bonds. The first-order chi connectivity index (χ1) is 16.4. The van der Waals surface area contributed by atoms with Crippen molar-refractivity contribution in [2.24, 2.45) is 5.92 Å². The number of Topliss-reactive ketones (excluding diaryl/α,β-unsaturated/α-hetero) is 1. The van der Waals surface area contributed by atoms with Crippen LogP contribution in [0.25, 0.3) is 0 Å². The quantitative estimate of drug-likeness (QED) is 0.166. The van der Waals surface area contributed by atoms with E-state index in [2.05, 4.69) is 21.2 Å². The van der Waals surface area contributed by atoms with Gasteiger partial charge in [0.15, 0.2) is 5.78 Å². The number of hydrogen-bond acceptors (Lipinski definition) is 2. The maximum atomic E-state index is 14.0. The molecule has 1 saturated carbocycles. The van der Waals surface area contributed by atoms with Crippen molar-refractivity contribution >= 4 is 91.3 Å². The van der Waals surface area contributed by atoms with E-state index in [1.165, 1.54) is 24.3 Å². The second kappa shape index (κ2) is 10.2. The van der Waals surface area contributed by atoms with Gasteiger partial charge in [-0.15, -0.1) is 23.2 Å². The van der Waals surface area contributed by atoms with Gasteiger partial charge in [-0.1, -0.05) is 40.9 Å². The molecule has 1 N–H and O–H groups in total. The van der Waals surface area contributed by atoms with Crippen LogP contribution in [0.4, 0.5) is 14.5 Å². The first kappa shape index (κ1) is 26.6. The van der Waals surface area contributed by atoms with Crippen molar-refractivity contribution < 1.29 is 18.4 Å². The summed E-state index contributed by atoms with van der Waals surface area (Å²) in [7, 11) is 0. The van der Waals surface area contributed by atoms with Gasteiger partial charge >= 0.3 is 0 Å². The van der Waals surface area contributed by atoms with E-state index in [1.54, 1.807) is 12.1 Å². The minimum absolute atomic E-state index is 0.0172. The lowest BCUT2D eigenvalue weighted by Crippen LogP contribution is -2.17. The Morgan fingerprint density at radius 3 is 2.23 bits per heavy atom. The summed E-state index contributed by atoms with van der Waals surface area (Å²) in [6.45, 7) is 0. The molecule has 1 aliphatic carbocycles. The molecule has 0 spiro atoms. The fraction of sp³-hybridized carbons (Fsp3) is 0.167. The summed E-state index contributed by atoms with van der Waals surface area (Å²) in [5, 5.41) is 3.50. The number of benzene rings is 3. The summed E-state index contributed by atoms with van der Waals surface area (Å²) in [6, 6.07) is 10.5. The average Bonchev–Trinajstić information content (AvgIpc) is 3.37. The van der Waals surface area contributed by atoms with Gasteiger partial charge in [0.25, 0.3) is 0 Å². The predicted octanol–water partition coefficient (Wildman–Crippen LogP) is 8.64. The van der Waals surface area contributed by atoms with Gasteiger partial charge < -0.3 is 5.32 Å². The monoisotopic (exact) mass is 639 g/mol. The minimum atomic E-state index is -1.39. The van der Waals surface area contributed by atoms with Crippen molar-refractivity contribution in [2.45, 2.75) is 16.7 Å². The smallest absolute Gasteiger partial charge is 0.231 e. The summed E-state index contributed by atoms with van der Waals surface area (Å²) in [6.07, 6.45) is -0.342. The van der Waals surface area contributed by atoms with E-state index in [0.717, 1.165) is 6.07 Å². The van der Waals surface area contributed by atoms with E-state index in [-0.39, 0.29) is 28.3 Å². The Morgan fingerprint density at radius 2 is 1.60 bits per heavy atom. The molecule has 2 unspecified atom stereocenters. The number of rotatable bonds is 6. The predicted molar refractivity (Wildman–Crippen MR) is 139 cm³/mol. The third kappa shape index (κ3) is 5.48. The maximum Gasteiger partial charge on any atom is 0.231 e. The van der Waals surface area contributed by atoms with Crippen LogP contribution in [0.15, 0.2) is 53.0 Å². The first-order valence-electron chi connectivity index (χ1n) is 10.00. The maximum absolute atomic E-state index is 14.0. The lowest BCUT2D eigenvalue weighted by atomic mass is 10.0. The molecule has 0 radical (unpaired) electrons. The molecule has 35 heavy (non-hydrogen) atoms. The molecule has 11 heteroatoms. The number of hydrogen-bond donors (Lipinski definition) is 1. The molecule has 0 bridgehead atoms. The third-order valence-electron chi connectivity index (χ3n) is 5.60. The van der Waals surface area contributed by atoms with E-state index < -0.39 is 39.5 Å². The van der Waals surface area contributed by atoms with Gasteiger partial charge in [-0.3, -0.25) is 9.59 Å². The molecule has 0 heterocycles. The molecule has 0 aliphatic heterocycles. The fourth-order valence-corrected chi connectivity index (χ4v) is 5.58. The molecule has 3 aromatic carbocycles. The molecule has 0 saturated heterocycles. The molecule has 2 atom stereocenters. The number of alkyl halides is 2. The topological polar surface area (TPSA) is 46.2 Å². The number of carbonyl (C=O) groups excluding carboxylic acids is 2. The summed E-state index contributed by atoms with van der Waals surface area (Å²) < 4.78 is 26.2. The number of amides is 1. The molecule has 0 aromatic heterocycles. The first-order valence-corrected chi connectivity index (χ1v) is 12.7. The molecule has 4 rings (SSSR count). The Balaban J connectivity index is 1.52. The highest BCUT2D eigenvalue weighted by atomic mass is 79.9. The van der Waals surface area contributed by atoms with Gasteiger partial charge in [0.2, 0.25) is 5.91 Å². The van der Waals surface area contributed by atoms with Crippen LogP contribution in [0.3, 0.4) is 0 Å². The zero-order valence-corrected chi connectivity index (χ0v) is 22.7. The van der Waals surface area contributed by atoms with Crippen LogP contribution in [0.5, 0.6) is 0 Å². The molecule has 182 valence electrons. The van der Waals surface area contributed by atoms with Gasteiger partial charge in [-0.25, -0.2) is 8.78 Å². The Hall–Kier alpha value is -1.41. The third-order valence-corrected chi connectivity index (χ3v) is 8.78. The molecule has 1 fully saturated rings. The number of halogens is 8. The highest BCUT2D eigenvalue weighted by Gasteiger charge is 2.67. The molecular weight excluding hydrogens is 629 g/mol. The average molecular weight is 643 g/mol. The second-order valence-corrected chi connectivity index (χ2v) is 11.4. The lowest BCUT2D eigenvalue weighted by Gasteiger charge is -2.10. The summed E-state index contributed by atoms with van der Waals surface area (Å²) in [4.78, 5) is 25.7. The van der Waals surface area contributed by atoms with Crippen LogP contribution in [0.2, 0.25) is 15.1 Å². The van der Waals surface area contributed by atoms with Crippen LogP contribution in [-0.4, -0.2) is 16.0 Å². The van der Waals surface area contributed by atoms with E-state index in [4.69, 9.17) is 58.0 Å². The summed E-state index contributed by atoms with van der Waals surface area (Å²) in [5.41, 5.74) is 0.948. The number of ketones is 1. The van der Waals surface area contributed by atoms with Crippen LogP contribution in [0, 0.1) is 17.6 Å². The van der Waals surface area contributed by atoms with Gasteiger partial charge in [0.1, 0.15) is 16.0 Å². The number of anilines is 1. The Kier molecular flexibility index (Phi) is 7.73. The number of nitrogens with one attached hydrogen (secondary N) is 1. The van der Waals surface area contributed by atoms with Crippen molar-refractivity contribution in [2.75, 3.05) is 5.32 Å². The van der Waals surface area contributed by atoms with Crippen LogP contribution in [-0.2, 0) is 11.2 Å². The zero-order chi connectivity index (χ0) is 25.7. The SMILES string of the molecule is O=C(Cc1ccc(F)cc1F)c1cc(NC(=O)C2C(c3cc(Cl)c(Br)c(Cl)c3)C2(Cl)Cl)ccc1Cl. The molecule has 1 aliphatic rings. The van der Waals surface area contributed by atoms with Gasteiger partial charge in [-0.2, -0.15) is 0 Å². The van der Waals surface area contributed by atoms with Crippen molar-refractivity contribution in [1.82, 2.24) is 0 Å². The summed E-state index contributed by atoms with van der Waals surface area (Å²) >= 11 is 34.6. The van der Waals surface area contributed by atoms with Crippen molar-refractivity contribution in [1.29, 1.82) is 0 Å². The zero-order valence-electron chi connectivity index (χ0n) is 17.3. The fourth-order valence-electron chi connectivity index (χ4n) is 3.79. The largest absolute Gasteiger partial charge is 0.326 e. The van der Waals surface area contributed by atoms with Crippen LogP contribution in [0.1, 0.15) is 27.4 Å². The Labute approximate surface area is 232 Å². The standard InChI is InChI=1S/C24H13BrCl5F2NO2/c25-22-16(27)5-11(6-17(22)28)20-21(24(20,29)30)23(35)33-13-3-4-15(26)14(9-13)19(34)7-10-1-2-12(31)8-18(10)32/h1-6,8-9,20-21H,7H2,(H,33,35). The normalized spacial score (nSPS) is 18.3. The van der Waals surface area contributed by atoms with E-state index in [9.17, 15) is 18.4 Å².